The van der Waals surface area contributed by atoms with Crippen molar-refractivity contribution in [3.05, 3.63) is 39.9 Å². The zero-order chi connectivity index (χ0) is 30.6. The van der Waals surface area contributed by atoms with Crippen molar-refractivity contribution in [2.75, 3.05) is 40.9 Å². The fourth-order valence-electron chi connectivity index (χ4n) is 5.13. The third-order valence-electron chi connectivity index (χ3n) is 7.69. The molecule has 1 aromatic heterocycles. The molecule has 0 spiro atoms. The number of aryl methyl sites for hydroxylation is 1. The van der Waals surface area contributed by atoms with Gasteiger partial charge in [0.05, 0.1) is 33.4 Å². The molecule has 0 saturated carbocycles. The molecule has 0 aromatic carbocycles. The number of halogens is 2. The predicted octanol–water partition coefficient (Wildman–Crippen LogP) is 7.37. The van der Waals surface area contributed by atoms with Gasteiger partial charge in [-0.1, -0.05) is 51.9 Å². The van der Waals surface area contributed by atoms with E-state index in [2.05, 4.69) is 11.9 Å². The molecule has 0 N–H and O–H groups in total. The van der Waals surface area contributed by atoms with Crippen molar-refractivity contribution in [3.63, 3.8) is 0 Å². The Bertz CT molecular complexity index is 1130. The summed E-state index contributed by atoms with van der Waals surface area (Å²) in [6.45, 7) is 8.90. The molecule has 0 amide bonds. The average molecular weight is 598 g/mol. The second-order valence-electron chi connectivity index (χ2n) is 12.1. The van der Waals surface area contributed by atoms with Crippen molar-refractivity contribution in [3.8, 4) is 0 Å². The normalized spacial score (nSPS) is 16.5. The summed E-state index contributed by atoms with van der Waals surface area (Å²) in [4.78, 5) is 16.4. The molecule has 11 heteroatoms. The van der Waals surface area contributed by atoms with Crippen molar-refractivity contribution >= 4 is 27.0 Å². The Morgan fingerprint density at radius 2 is 1.54 bits per heavy atom. The number of phosphoric ester groups is 1. The number of rotatable bonds is 20. The Morgan fingerprint density at radius 3 is 2.07 bits per heavy atom. The van der Waals surface area contributed by atoms with Crippen LogP contribution in [0.1, 0.15) is 102 Å². The molecule has 41 heavy (non-hydrogen) atoms. The van der Waals surface area contributed by atoms with Crippen LogP contribution in [0.2, 0.25) is 0 Å². The molecular weight excluding hydrogens is 546 g/mol. The first-order valence-electron chi connectivity index (χ1n) is 15.1. The third kappa shape index (κ3) is 12.3. The van der Waals surface area contributed by atoms with Crippen LogP contribution in [0.4, 0.5) is 8.63 Å². The summed E-state index contributed by atoms with van der Waals surface area (Å²) < 4.78 is 51.1. The largest absolute Gasteiger partial charge is 0.756 e. The predicted molar refractivity (Wildman–Crippen MR) is 164 cm³/mol. The second kappa shape index (κ2) is 16.9. The number of hydrogen-bond donors (Lipinski definition) is 0. The van der Waals surface area contributed by atoms with Gasteiger partial charge in [0.15, 0.2) is 0 Å². The summed E-state index contributed by atoms with van der Waals surface area (Å²) in [5.74, 6) is 0. The molecular formula is C30H51BF2N3O4P. The van der Waals surface area contributed by atoms with Crippen molar-refractivity contribution < 1.29 is 31.6 Å². The number of aromatic nitrogens is 1. The van der Waals surface area contributed by atoms with Gasteiger partial charge >= 0.3 is 7.40 Å². The zero-order valence-electron chi connectivity index (χ0n) is 26.3. The zero-order valence-corrected chi connectivity index (χ0v) is 27.2. The summed E-state index contributed by atoms with van der Waals surface area (Å²) in [7, 11) is -0.879. The van der Waals surface area contributed by atoms with Gasteiger partial charge in [-0.25, -0.2) is 0 Å². The standard InChI is InChI=1S/C30H51BF2N3O4P/c1-8-28-25(3)29(34-26(28)4)22-30-24(2)27(23-35(30)31(32)33)18-16-14-12-10-9-11-13-15-17-20-39-41(37,38)40-21-19-36(5,6)7/h22-23H,8-21H2,1-7H3/b29-22-. The first kappa shape index (κ1) is 35.6. The number of nitrogens with zero attached hydrogens (tertiary/aromatic N) is 3. The first-order chi connectivity index (χ1) is 19.3. The fourth-order valence-corrected chi connectivity index (χ4v) is 5.87. The van der Waals surface area contributed by atoms with Crippen LogP contribution in [0, 0.1) is 6.92 Å². The molecule has 1 aromatic rings. The Labute approximate surface area is 247 Å². The number of likely N-dealkylation sites (N-methyl/N-ethyl adjacent to an activating group) is 1. The third-order valence-corrected chi connectivity index (χ3v) is 8.69. The van der Waals surface area contributed by atoms with E-state index in [4.69, 9.17) is 9.05 Å². The molecule has 2 rings (SSSR count). The van der Waals surface area contributed by atoms with Gasteiger partial charge in [0.2, 0.25) is 0 Å². The highest BCUT2D eigenvalue weighted by Gasteiger charge is 2.24. The van der Waals surface area contributed by atoms with Crippen molar-refractivity contribution in [1.82, 2.24) is 4.48 Å². The van der Waals surface area contributed by atoms with Gasteiger partial charge in [0, 0.05) is 11.4 Å². The van der Waals surface area contributed by atoms with Crippen molar-refractivity contribution in [2.45, 2.75) is 98.3 Å². The van der Waals surface area contributed by atoms with E-state index in [-0.39, 0.29) is 13.2 Å². The molecule has 0 bridgehead atoms. The summed E-state index contributed by atoms with van der Waals surface area (Å²) in [5, 5.41) is 0. The molecule has 7 nitrogen and oxygen atoms in total. The van der Waals surface area contributed by atoms with E-state index in [1.165, 1.54) is 5.57 Å². The highest BCUT2D eigenvalue weighted by Crippen LogP contribution is 2.38. The summed E-state index contributed by atoms with van der Waals surface area (Å²) >= 11 is 0. The van der Waals surface area contributed by atoms with Crippen LogP contribution >= 0.6 is 7.82 Å². The van der Waals surface area contributed by atoms with Crippen LogP contribution in [0.3, 0.4) is 0 Å². The van der Waals surface area contributed by atoms with E-state index in [1.807, 2.05) is 48.0 Å². The number of unbranched alkanes of at least 4 members (excludes halogenated alkanes) is 8. The van der Waals surface area contributed by atoms with Crippen LogP contribution in [0.5, 0.6) is 0 Å². The lowest BCUT2D eigenvalue weighted by Crippen LogP contribution is -2.37. The molecule has 1 atom stereocenters. The topological polar surface area (TPSA) is 75.9 Å². The summed E-state index contributed by atoms with van der Waals surface area (Å²) in [6.07, 6.45) is 14.3. The van der Waals surface area contributed by atoms with E-state index in [0.717, 1.165) is 96.8 Å². The quantitative estimate of drug-likeness (QED) is 0.0681. The van der Waals surface area contributed by atoms with Crippen molar-refractivity contribution in [2.24, 2.45) is 4.99 Å². The van der Waals surface area contributed by atoms with Gasteiger partial charge in [0.25, 0.3) is 7.82 Å². The molecule has 0 fully saturated rings. The van der Waals surface area contributed by atoms with E-state index in [1.54, 1.807) is 6.20 Å². The average Bonchev–Trinajstić information content (AvgIpc) is 3.33. The molecule has 0 radical (unpaired) electrons. The number of quaternary nitrogens is 1. The summed E-state index contributed by atoms with van der Waals surface area (Å²) in [5.41, 5.74) is 6.47. The van der Waals surface area contributed by atoms with Gasteiger partial charge in [-0.3, -0.25) is 18.2 Å². The SMILES string of the molecule is CCC1=C(C)/C(=C/c2c(C)c(CCCCCCCCCCCOP(=O)([O-])OCC[N+](C)(C)C)cn2B(F)F)N=C1C. The Balaban J connectivity index is 1.64. The van der Waals surface area contributed by atoms with Gasteiger partial charge in [0.1, 0.15) is 13.2 Å². The smallest absolute Gasteiger partial charge is 0.677 e. The maximum atomic E-state index is 13.8. The molecule has 1 aliphatic rings. The van der Waals surface area contributed by atoms with Crippen LogP contribution in [0.15, 0.2) is 28.0 Å². The maximum absolute atomic E-state index is 13.8. The van der Waals surface area contributed by atoms with Gasteiger partial charge in [-0.05, 0) is 81.0 Å². The molecule has 2 heterocycles. The number of allylic oxidation sites excluding steroid dienone is 2. The van der Waals surface area contributed by atoms with E-state index >= 15 is 0 Å². The lowest BCUT2D eigenvalue weighted by Gasteiger charge is -2.27. The van der Waals surface area contributed by atoms with E-state index in [0.29, 0.717) is 23.1 Å². The summed E-state index contributed by atoms with van der Waals surface area (Å²) in [6, 6.07) is 0. The molecule has 0 saturated heterocycles. The molecule has 1 aliphatic heterocycles. The molecule has 0 aliphatic carbocycles. The minimum atomic E-state index is -4.21. The number of hydrogen-bond acceptors (Lipinski definition) is 5. The van der Waals surface area contributed by atoms with Crippen LogP contribution in [0.25, 0.3) is 6.08 Å². The maximum Gasteiger partial charge on any atom is 0.677 e. The van der Waals surface area contributed by atoms with Gasteiger partial charge in [-0.15, -0.1) is 0 Å². The van der Waals surface area contributed by atoms with Crippen LogP contribution < -0.4 is 4.89 Å². The first-order valence-corrected chi connectivity index (χ1v) is 16.6. The van der Waals surface area contributed by atoms with Crippen LogP contribution in [-0.2, 0) is 20.0 Å². The van der Waals surface area contributed by atoms with Gasteiger partial charge < -0.3 is 22.9 Å². The van der Waals surface area contributed by atoms with Crippen molar-refractivity contribution in [1.29, 1.82) is 0 Å². The minimum Gasteiger partial charge on any atom is -0.756 e. The highest BCUT2D eigenvalue weighted by molar-refractivity contribution is 7.45. The number of aliphatic imine (C=N–C) groups is 1. The van der Waals surface area contributed by atoms with E-state index in [9.17, 15) is 18.1 Å². The highest BCUT2D eigenvalue weighted by atomic mass is 31.2. The fraction of sp³-hybridized carbons (Fsp3) is 0.700. The second-order valence-corrected chi connectivity index (χ2v) is 13.5. The lowest BCUT2D eigenvalue weighted by atomic mass is 10.0. The monoisotopic (exact) mass is 597 g/mol. The lowest BCUT2D eigenvalue weighted by molar-refractivity contribution is -0.870. The Hall–Kier alpha value is -1.58. The molecule has 1 unspecified atom stereocenters. The Morgan fingerprint density at radius 1 is 0.976 bits per heavy atom. The minimum absolute atomic E-state index is 0.123. The Kier molecular flexibility index (Phi) is 14.7. The van der Waals surface area contributed by atoms with Crippen LogP contribution in [-0.4, -0.2) is 63.0 Å². The van der Waals surface area contributed by atoms with E-state index < -0.39 is 15.2 Å². The molecule has 232 valence electrons. The number of phosphoric acid groups is 1. The van der Waals surface area contributed by atoms with Gasteiger partial charge in [-0.2, -0.15) is 0 Å².